The molecule has 0 atom stereocenters. The van der Waals surface area contributed by atoms with Gasteiger partial charge in [0.2, 0.25) is 0 Å². The normalized spacial score (nSPS) is 13.2. The summed E-state index contributed by atoms with van der Waals surface area (Å²) in [6, 6.07) is 49.9. The van der Waals surface area contributed by atoms with E-state index in [1.54, 1.807) is 0 Å². The Balaban J connectivity index is 1.17. The minimum atomic E-state index is 0.910. The van der Waals surface area contributed by atoms with Crippen LogP contribution in [0.15, 0.2) is 168 Å². The molecular weight excluding hydrogens is 548 g/mol. The summed E-state index contributed by atoms with van der Waals surface area (Å²) in [4.78, 5) is 2.38. The SMILES string of the molecule is C1=CCCC(N(c2ccccc2)c2ccc(-c3ccc4c(c3)c3ccccc3n4-c3cccc4c3oc3ccccc34)cc2)=C1. The largest absolute Gasteiger partial charge is 0.454 e. The molecule has 0 spiro atoms. The highest BCUT2D eigenvalue weighted by Gasteiger charge is 2.19. The summed E-state index contributed by atoms with van der Waals surface area (Å²) in [5.41, 5.74) is 11.3. The number of rotatable bonds is 5. The molecule has 0 radical (unpaired) electrons. The van der Waals surface area contributed by atoms with Gasteiger partial charge in [0.1, 0.15) is 5.58 Å². The molecular formula is C42H30N2O. The second-order valence-corrected chi connectivity index (χ2v) is 11.7. The standard InChI is InChI=1S/C42H30N2O/c1-3-12-31(13-4-1)43(32-14-5-2-6-15-32)33-25-22-29(23-26-33)30-24-27-39-37(28-30)34-16-7-9-19-38(34)44(39)40-20-11-18-36-35-17-8-10-21-41(35)45-42(36)40/h1-5,7-14,16-28H,6,15H2. The van der Waals surface area contributed by atoms with E-state index in [0.717, 1.165) is 46.0 Å². The molecule has 0 fully saturated rings. The van der Waals surface area contributed by atoms with E-state index in [0.29, 0.717) is 0 Å². The van der Waals surface area contributed by atoms with E-state index in [9.17, 15) is 0 Å². The molecule has 1 aliphatic carbocycles. The summed E-state index contributed by atoms with van der Waals surface area (Å²) >= 11 is 0. The molecule has 6 aromatic carbocycles. The second-order valence-electron chi connectivity index (χ2n) is 11.7. The third kappa shape index (κ3) is 4.20. The van der Waals surface area contributed by atoms with Crippen LogP contribution in [0.5, 0.6) is 0 Å². The van der Waals surface area contributed by atoms with Crippen molar-refractivity contribution in [3.8, 4) is 16.8 Å². The van der Waals surface area contributed by atoms with Crippen LogP contribution in [0.1, 0.15) is 12.8 Å². The number of aromatic nitrogens is 1. The van der Waals surface area contributed by atoms with E-state index in [2.05, 4.69) is 155 Å². The van der Waals surface area contributed by atoms with Crippen LogP contribution in [0.4, 0.5) is 11.4 Å². The zero-order valence-corrected chi connectivity index (χ0v) is 24.7. The molecule has 9 rings (SSSR count). The van der Waals surface area contributed by atoms with Crippen molar-refractivity contribution in [3.63, 3.8) is 0 Å². The van der Waals surface area contributed by atoms with Gasteiger partial charge >= 0.3 is 0 Å². The number of hydrogen-bond acceptors (Lipinski definition) is 2. The molecule has 0 N–H and O–H groups in total. The van der Waals surface area contributed by atoms with Gasteiger partial charge in [-0.3, -0.25) is 0 Å². The Morgan fingerprint density at radius 3 is 2.11 bits per heavy atom. The number of allylic oxidation sites excluding steroid dienone is 4. The molecule has 45 heavy (non-hydrogen) atoms. The molecule has 0 amide bonds. The van der Waals surface area contributed by atoms with Crippen LogP contribution in [-0.2, 0) is 0 Å². The molecule has 0 saturated heterocycles. The number of benzene rings is 6. The number of para-hydroxylation sites is 4. The fraction of sp³-hybridized carbons (Fsp3) is 0.0476. The van der Waals surface area contributed by atoms with Crippen LogP contribution in [0.2, 0.25) is 0 Å². The Morgan fingerprint density at radius 2 is 1.27 bits per heavy atom. The van der Waals surface area contributed by atoms with Crippen LogP contribution in [0, 0.1) is 0 Å². The Hall–Kier alpha value is -5.80. The summed E-state index contributed by atoms with van der Waals surface area (Å²) in [5, 5.41) is 4.73. The Kier molecular flexibility index (Phi) is 5.95. The zero-order chi connectivity index (χ0) is 29.7. The number of nitrogens with zero attached hydrogens (tertiary/aromatic N) is 2. The van der Waals surface area contributed by atoms with Crippen molar-refractivity contribution >= 4 is 55.1 Å². The lowest BCUT2D eigenvalue weighted by molar-refractivity contribution is 0.666. The molecule has 0 aliphatic heterocycles. The molecule has 2 heterocycles. The molecule has 214 valence electrons. The van der Waals surface area contributed by atoms with Crippen LogP contribution in [0.25, 0.3) is 60.6 Å². The Bertz CT molecular complexity index is 2420. The highest BCUT2D eigenvalue weighted by molar-refractivity contribution is 6.13. The van der Waals surface area contributed by atoms with E-state index >= 15 is 0 Å². The van der Waals surface area contributed by atoms with Gasteiger partial charge in [0.25, 0.3) is 0 Å². The van der Waals surface area contributed by atoms with Crippen LogP contribution < -0.4 is 4.90 Å². The zero-order valence-electron chi connectivity index (χ0n) is 24.7. The topological polar surface area (TPSA) is 21.3 Å². The number of hydrogen-bond donors (Lipinski definition) is 0. The third-order valence-electron chi connectivity index (χ3n) is 9.05. The van der Waals surface area contributed by atoms with Gasteiger partial charge in [-0.2, -0.15) is 0 Å². The minimum absolute atomic E-state index is 0.910. The summed E-state index contributed by atoms with van der Waals surface area (Å²) in [6.07, 6.45) is 8.73. The number of anilines is 2. The van der Waals surface area contributed by atoms with Gasteiger partial charge in [-0.1, -0.05) is 97.1 Å². The monoisotopic (exact) mass is 578 g/mol. The Morgan fingerprint density at radius 1 is 0.556 bits per heavy atom. The van der Waals surface area contributed by atoms with Gasteiger partial charge in [-0.25, -0.2) is 0 Å². The maximum absolute atomic E-state index is 6.47. The number of furan rings is 1. The summed E-state index contributed by atoms with van der Waals surface area (Å²) in [7, 11) is 0. The quantitative estimate of drug-likeness (QED) is 0.203. The van der Waals surface area contributed by atoms with Crippen molar-refractivity contribution in [1.82, 2.24) is 4.57 Å². The van der Waals surface area contributed by atoms with E-state index in [4.69, 9.17) is 4.42 Å². The third-order valence-corrected chi connectivity index (χ3v) is 9.05. The first-order valence-corrected chi connectivity index (χ1v) is 15.6. The van der Waals surface area contributed by atoms with Crippen molar-refractivity contribution in [3.05, 3.63) is 163 Å². The lowest BCUT2D eigenvalue weighted by Crippen LogP contribution is -2.17. The van der Waals surface area contributed by atoms with Crippen molar-refractivity contribution in [2.24, 2.45) is 0 Å². The van der Waals surface area contributed by atoms with Crippen LogP contribution >= 0.6 is 0 Å². The molecule has 3 heteroatoms. The second kappa shape index (κ2) is 10.4. The van der Waals surface area contributed by atoms with Crippen molar-refractivity contribution in [1.29, 1.82) is 0 Å². The van der Waals surface area contributed by atoms with E-state index in [1.165, 1.54) is 44.5 Å². The highest BCUT2D eigenvalue weighted by atomic mass is 16.3. The molecule has 0 bridgehead atoms. The summed E-state index contributed by atoms with van der Waals surface area (Å²) < 4.78 is 8.83. The smallest absolute Gasteiger partial charge is 0.159 e. The molecule has 2 aromatic heterocycles. The van der Waals surface area contributed by atoms with Crippen molar-refractivity contribution < 1.29 is 4.42 Å². The fourth-order valence-corrected chi connectivity index (χ4v) is 6.96. The van der Waals surface area contributed by atoms with Gasteiger partial charge < -0.3 is 13.9 Å². The molecule has 1 aliphatic rings. The van der Waals surface area contributed by atoms with E-state index < -0.39 is 0 Å². The maximum Gasteiger partial charge on any atom is 0.159 e. The molecule has 3 nitrogen and oxygen atoms in total. The van der Waals surface area contributed by atoms with Gasteiger partial charge in [0, 0.05) is 38.6 Å². The number of fused-ring (bicyclic) bond motifs is 6. The highest BCUT2D eigenvalue weighted by Crippen LogP contribution is 2.40. The van der Waals surface area contributed by atoms with Gasteiger partial charge in [-0.15, -0.1) is 0 Å². The maximum atomic E-state index is 6.47. The van der Waals surface area contributed by atoms with Gasteiger partial charge in [-0.05, 0) is 84.6 Å². The lowest BCUT2D eigenvalue weighted by Gasteiger charge is -2.29. The van der Waals surface area contributed by atoms with E-state index in [1.807, 2.05) is 12.1 Å². The predicted molar refractivity (Wildman–Crippen MR) is 189 cm³/mol. The lowest BCUT2D eigenvalue weighted by atomic mass is 10.0. The summed E-state index contributed by atoms with van der Waals surface area (Å²) in [6.45, 7) is 0. The molecule has 0 saturated carbocycles. The van der Waals surface area contributed by atoms with Crippen LogP contribution in [-0.4, -0.2) is 4.57 Å². The van der Waals surface area contributed by atoms with Crippen molar-refractivity contribution in [2.45, 2.75) is 12.8 Å². The minimum Gasteiger partial charge on any atom is -0.454 e. The average Bonchev–Trinajstić information content (AvgIpc) is 3.65. The van der Waals surface area contributed by atoms with Crippen LogP contribution in [0.3, 0.4) is 0 Å². The van der Waals surface area contributed by atoms with Gasteiger partial charge in [0.05, 0.1) is 16.7 Å². The molecule has 8 aromatic rings. The average molecular weight is 579 g/mol. The Labute approximate surface area is 261 Å². The first kappa shape index (κ1) is 25.7. The molecule has 0 unspecified atom stereocenters. The first-order chi connectivity index (χ1) is 22.3. The van der Waals surface area contributed by atoms with Crippen molar-refractivity contribution in [2.75, 3.05) is 4.90 Å². The van der Waals surface area contributed by atoms with Gasteiger partial charge in [0.15, 0.2) is 5.58 Å². The van der Waals surface area contributed by atoms with E-state index in [-0.39, 0.29) is 0 Å². The predicted octanol–water partition coefficient (Wildman–Crippen LogP) is 11.7. The fourth-order valence-electron chi connectivity index (χ4n) is 6.96. The summed E-state index contributed by atoms with van der Waals surface area (Å²) in [5.74, 6) is 0. The first-order valence-electron chi connectivity index (χ1n) is 15.6.